The fourth-order valence-corrected chi connectivity index (χ4v) is 2.84. The second-order valence-electron chi connectivity index (χ2n) is 4.17. The number of carbonyl (C=O) groups excluding carboxylic acids is 1. The van der Waals surface area contributed by atoms with Crippen molar-refractivity contribution in [3.63, 3.8) is 0 Å². The van der Waals surface area contributed by atoms with Gasteiger partial charge in [0.1, 0.15) is 11.4 Å². The number of halogens is 2. The predicted octanol–water partition coefficient (Wildman–Crippen LogP) is 4.83. The van der Waals surface area contributed by atoms with Gasteiger partial charge in [-0.2, -0.15) is 0 Å². The first kappa shape index (κ1) is 12.4. The van der Waals surface area contributed by atoms with Crippen LogP contribution < -0.4 is 0 Å². The number of thiophene rings is 1. The van der Waals surface area contributed by atoms with Crippen molar-refractivity contribution in [3.05, 3.63) is 56.7 Å². The minimum Gasteiger partial charge on any atom is -0.452 e. The molecule has 0 saturated heterocycles. The van der Waals surface area contributed by atoms with Crippen LogP contribution in [0.3, 0.4) is 0 Å². The number of rotatable bonds is 2. The van der Waals surface area contributed by atoms with Crippen molar-refractivity contribution < 1.29 is 13.6 Å². The summed E-state index contributed by atoms with van der Waals surface area (Å²) in [5.41, 5.74) is 1.57. The van der Waals surface area contributed by atoms with E-state index in [9.17, 15) is 9.18 Å². The van der Waals surface area contributed by atoms with Crippen molar-refractivity contribution in [2.45, 2.75) is 6.92 Å². The normalized spacial score (nSPS) is 11.1. The zero-order valence-electron chi connectivity index (χ0n) is 9.87. The Morgan fingerprint density at radius 1 is 1.37 bits per heavy atom. The lowest BCUT2D eigenvalue weighted by atomic mass is 10.1. The van der Waals surface area contributed by atoms with Gasteiger partial charge in [-0.25, -0.2) is 4.39 Å². The van der Waals surface area contributed by atoms with Crippen molar-refractivity contribution in [1.82, 2.24) is 0 Å². The highest BCUT2D eigenvalue weighted by molar-refractivity contribution is 7.14. The molecule has 19 heavy (non-hydrogen) atoms. The summed E-state index contributed by atoms with van der Waals surface area (Å²) in [6.07, 6.45) is 0. The standard InChI is InChI=1S/C14H8ClFO2S/c1-7-10-3-2-9(16)5-11(10)18-14(7)13(17)8-4-12(15)19-6-8/h2-6H,1H3. The van der Waals surface area contributed by atoms with Crippen LogP contribution >= 0.6 is 22.9 Å². The molecule has 0 aliphatic rings. The summed E-state index contributed by atoms with van der Waals surface area (Å²) in [7, 11) is 0. The number of aryl methyl sites for hydroxylation is 1. The summed E-state index contributed by atoms with van der Waals surface area (Å²) >= 11 is 7.10. The monoisotopic (exact) mass is 294 g/mol. The topological polar surface area (TPSA) is 30.2 Å². The first-order valence-electron chi connectivity index (χ1n) is 5.53. The van der Waals surface area contributed by atoms with Gasteiger partial charge in [-0.05, 0) is 25.1 Å². The average molecular weight is 295 g/mol. The molecule has 0 N–H and O–H groups in total. The summed E-state index contributed by atoms with van der Waals surface area (Å²) in [5, 5.41) is 2.42. The summed E-state index contributed by atoms with van der Waals surface area (Å²) in [6, 6.07) is 5.84. The van der Waals surface area contributed by atoms with Gasteiger partial charge in [0.05, 0.1) is 4.34 Å². The molecule has 0 aliphatic carbocycles. The molecule has 0 bridgehead atoms. The third-order valence-corrected chi connectivity index (χ3v) is 4.03. The van der Waals surface area contributed by atoms with E-state index in [1.807, 2.05) is 0 Å². The first-order chi connectivity index (χ1) is 9.06. The Morgan fingerprint density at radius 3 is 2.84 bits per heavy atom. The van der Waals surface area contributed by atoms with Crippen molar-refractivity contribution in [2.24, 2.45) is 0 Å². The minimum atomic E-state index is -0.390. The van der Waals surface area contributed by atoms with Gasteiger partial charge in [0, 0.05) is 28.0 Å². The van der Waals surface area contributed by atoms with Gasteiger partial charge in [-0.15, -0.1) is 11.3 Å². The van der Waals surface area contributed by atoms with Crippen molar-refractivity contribution in [2.75, 3.05) is 0 Å². The molecule has 0 aliphatic heterocycles. The number of benzene rings is 1. The number of hydrogen-bond donors (Lipinski definition) is 0. The van der Waals surface area contributed by atoms with Crippen LogP contribution in [0.2, 0.25) is 4.34 Å². The van der Waals surface area contributed by atoms with E-state index < -0.39 is 0 Å². The third kappa shape index (κ3) is 2.07. The maximum atomic E-state index is 13.1. The minimum absolute atomic E-state index is 0.232. The lowest BCUT2D eigenvalue weighted by Crippen LogP contribution is -1.99. The maximum Gasteiger partial charge on any atom is 0.229 e. The van der Waals surface area contributed by atoms with E-state index in [-0.39, 0.29) is 17.4 Å². The van der Waals surface area contributed by atoms with Crippen molar-refractivity contribution in [1.29, 1.82) is 0 Å². The molecule has 2 nitrogen and oxygen atoms in total. The molecule has 0 atom stereocenters. The zero-order chi connectivity index (χ0) is 13.6. The lowest BCUT2D eigenvalue weighted by Gasteiger charge is -1.94. The van der Waals surface area contributed by atoms with E-state index in [0.29, 0.717) is 21.0 Å². The molecule has 2 heterocycles. The molecular formula is C14H8ClFO2S. The SMILES string of the molecule is Cc1c(C(=O)c2csc(Cl)c2)oc2cc(F)ccc12. The van der Waals surface area contributed by atoms with E-state index in [2.05, 4.69) is 0 Å². The highest BCUT2D eigenvalue weighted by Crippen LogP contribution is 2.29. The fourth-order valence-electron chi connectivity index (χ4n) is 1.98. The molecule has 3 rings (SSSR count). The quantitative estimate of drug-likeness (QED) is 0.634. The molecule has 0 radical (unpaired) electrons. The highest BCUT2D eigenvalue weighted by Gasteiger charge is 2.20. The van der Waals surface area contributed by atoms with Gasteiger partial charge in [-0.1, -0.05) is 11.6 Å². The predicted molar refractivity (Wildman–Crippen MR) is 73.7 cm³/mol. The molecule has 2 aromatic heterocycles. The Labute approximate surface area is 117 Å². The number of hydrogen-bond acceptors (Lipinski definition) is 3. The summed E-state index contributed by atoms with van der Waals surface area (Å²) in [6.45, 7) is 1.78. The summed E-state index contributed by atoms with van der Waals surface area (Å²) < 4.78 is 19.2. The lowest BCUT2D eigenvalue weighted by molar-refractivity contribution is 0.101. The van der Waals surface area contributed by atoms with E-state index in [1.165, 1.54) is 23.5 Å². The summed E-state index contributed by atoms with van der Waals surface area (Å²) in [5.74, 6) is -0.397. The zero-order valence-corrected chi connectivity index (χ0v) is 11.4. The van der Waals surface area contributed by atoms with Gasteiger partial charge < -0.3 is 4.42 Å². The first-order valence-corrected chi connectivity index (χ1v) is 6.79. The van der Waals surface area contributed by atoms with Crippen LogP contribution in [-0.4, -0.2) is 5.78 Å². The highest BCUT2D eigenvalue weighted by atomic mass is 35.5. The van der Waals surface area contributed by atoms with Crippen LogP contribution in [0.25, 0.3) is 11.0 Å². The van der Waals surface area contributed by atoms with E-state index in [4.69, 9.17) is 16.0 Å². The van der Waals surface area contributed by atoms with Crippen LogP contribution in [-0.2, 0) is 0 Å². The smallest absolute Gasteiger partial charge is 0.229 e. The Morgan fingerprint density at radius 2 is 2.16 bits per heavy atom. The molecule has 0 amide bonds. The second-order valence-corrected chi connectivity index (χ2v) is 5.71. The van der Waals surface area contributed by atoms with E-state index >= 15 is 0 Å². The Kier molecular flexibility index (Phi) is 2.92. The van der Waals surface area contributed by atoms with Crippen LogP contribution in [0.4, 0.5) is 4.39 Å². The number of ketones is 1. The molecule has 0 spiro atoms. The van der Waals surface area contributed by atoms with Crippen molar-refractivity contribution in [3.8, 4) is 0 Å². The molecule has 0 unspecified atom stereocenters. The number of fused-ring (bicyclic) bond motifs is 1. The van der Waals surface area contributed by atoms with Crippen LogP contribution in [0.1, 0.15) is 21.7 Å². The molecule has 3 aromatic rings. The van der Waals surface area contributed by atoms with Gasteiger partial charge in [-0.3, -0.25) is 4.79 Å². The second kappa shape index (κ2) is 4.47. The Bertz CT molecular complexity index is 788. The fraction of sp³-hybridized carbons (Fsp3) is 0.0714. The van der Waals surface area contributed by atoms with E-state index in [1.54, 1.807) is 24.4 Å². The molecule has 96 valence electrons. The Balaban J connectivity index is 2.15. The van der Waals surface area contributed by atoms with Gasteiger partial charge in [0.15, 0.2) is 5.76 Å². The molecule has 0 fully saturated rings. The summed E-state index contributed by atoms with van der Waals surface area (Å²) in [4.78, 5) is 12.3. The van der Waals surface area contributed by atoms with Crippen molar-refractivity contribution >= 4 is 39.7 Å². The molecular weight excluding hydrogens is 287 g/mol. The van der Waals surface area contributed by atoms with Gasteiger partial charge in [0.2, 0.25) is 5.78 Å². The molecule has 1 aromatic carbocycles. The van der Waals surface area contributed by atoms with Crippen LogP contribution in [0.15, 0.2) is 34.1 Å². The number of carbonyl (C=O) groups is 1. The maximum absolute atomic E-state index is 13.1. The molecule has 5 heteroatoms. The number of furan rings is 1. The van der Waals surface area contributed by atoms with E-state index in [0.717, 1.165) is 5.39 Å². The molecule has 0 saturated carbocycles. The van der Waals surface area contributed by atoms with Crippen LogP contribution in [0.5, 0.6) is 0 Å². The van der Waals surface area contributed by atoms with Gasteiger partial charge >= 0.3 is 0 Å². The van der Waals surface area contributed by atoms with Crippen LogP contribution in [0, 0.1) is 12.7 Å². The Hall–Kier alpha value is -1.65. The average Bonchev–Trinajstić information content (AvgIpc) is 2.93. The van der Waals surface area contributed by atoms with Gasteiger partial charge in [0.25, 0.3) is 0 Å². The third-order valence-electron chi connectivity index (χ3n) is 2.94. The largest absolute Gasteiger partial charge is 0.452 e.